The summed E-state index contributed by atoms with van der Waals surface area (Å²) in [5.41, 5.74) is 2.43. The maximum Gasteiger partial charge on any atom is 0.416 e. The number of H-pyrrole nitrogens is 1. The summed E-state index contributed by atoms with van der Waals surface area (Å²) in [6, 6.07) is 13.4. The molecule has 1 nitrogen and oxygen atoms in total. The zero-order valence-electron chi connectivity index (χ0n) is 11.9. The summed E-state index contributed by atoms with van der Waals surface area (Å²) in [6.45, 7) is 2.01. The fraction of sp³-hybridized carbons (Fsp3) is 0.176. The normalized spacial score (nSPS) is 12.0. The standard InChI is InChI=1S/C17H14F3NS/c1-11-16(14-4-2-3-5-15(14)21-11)22-10-12-6-8-13(9-7-12)17(18,19)20/h2-9,21H,10H2,1H3. The summed E-state index contributed by atoms with van der Waals surface area (Å²) in [6.07, 6.45) is -4.28. The van der Waals surface area contributed by atoms with Gasteiger partial charge in [0.15, 0.2) is 0 Å². The highest BCUT2D eigenvalue weighted by Crippen LogP contribution is 2.34. The van der Waals surface area contributed by atoms with Crippen molar-refractivity contribution in [1.82, 2.24) is 4.98 Å². The molecule has 0 spiro atoms. The van der Waals surface area contributed by atoms with E-state index in [1.165, 1.54) is 0 Å². The molecular formula is C17H14F3NS. The SMILES string of the molecule is Cc1[nH]c2ccccc2c1SCc1ccc(C(F)(F)F)cc1. The van der Waals surface area contributed by atoms with Crippen LogP contribution < -0.4 is 0 Å². The summed E-state index contributed by atoms with van der Waals surface area (Å²) in [5, 5.41) is 1.15. The molecule has 0 saturated carbocycles. The van der Waals surface area contributed by atoms with E-state index in [2.05, 4.69) is 4.98 Å². The van der Waals surface area contributed by atoms with Crippen molar-refractivity contribution < 1.29 is 13.2 Å². The van der Waals surface area contributed by atoms with E-state index in [0.717, 1.165) is 39.2 Å². The first kappa shape index (κ1) is 15.0. The van der Waals surface area contributed by atoms with E-state index in [1.807, 2.05) is 31.2 Å². The third-order valence-electron chi connectivity index (χ3n) is 3.50. The molecule has 3 rings (SSSR count). The third-order valence-corrected chi connectivity index (χ3v) is 4.79. The van der Waals surface area contributed by atoms with Gasteiger partial charge in [-0.05, 0) is 30.7 Å². The number of hydrogen-bond donors (Lipinski definition) is 1. The Morgan fingerprint density at radius 2 is 1.68 bits per heavy atom. The fourth-order valence-electron chi connectivity index (χ4n) is 2.38. The van der Waals surface area contributed by atoms with E-state index in [9.17, 15) is 13.2 Å². The molecule has 0 saturated heterocycles. The van der Waals surface area contributed by atoms with E-state index in [1.54, 1.807) is 23.9 Å². The number of benzene rings is 2. The average molecular weight is 321 g/mol. The fourth-order valence-corrected chi connectivity index (χ4v) is 3.49. The van der Waals surface area contributed by atoms with Gasteiger partial charge < -0.3 is 4.98 Å². The van der Waals surface area contributed by atoms with Crippen LogP contribution in [0.15, 0.2) is 53.4 Å². The molecule has 2 aromatic carbocycles. The summed E-state index contributed by atoms with van der Waals surface area (Å²) in [7, 11) is 0. The number of aromatic amines is 1. The van der Waals surface area contributed by atoms with Gasteiger partial charge in [0.05, 0.1) is 5.56 Å². The van der Waals surface area contributed by atoms with Gasteiger partial charge in [-0.25, -0.2) is 0 Å². The zero-order chi connectivity index (χ0) is 15.7. The maximum atomic E-state index is 12.5. The van der Waals surface area contributed by atoms with Crippen molar-refractivity contribution in [2.24, 2.45) is 0 Å². The second-order valence-corrected chi connectivity index (χ2v) is 6.09. The molecule has 0 bridgehead atoms. The van der Waals surface area contributed by atoms with E-state index in [4.69, 9.17) is 0 Å². The average Bonchev–Trinajstić information content (AvgIpc) is 2.80. The number of rotatable bonds is 3. The molecule has 0 aliphatic rings. The first-order valence-electron chi connectivity index (χ1n) is 6.81. The van der Waals surface area contributed by atoms with Crippen LogP contribution in [-0.2, 0) is 11.9 Å². The number of nitrogens with one attached hydrogen (secondary N) is 1. The van der Waals surface area contributed by atoms with Gasteiger partial charge in [-0.2, -0.15) is 13.2 Å². The minimum Gasteiger partial charge on any atom is -0.358 e. The van der Waals surface area contributed by atoms with Crippen molar-refractivity contribution in [3.8, 4) is 0 Å². The highest BCUT2D eigenvalue weighted by Gasteiger charge is 2.29. The molecule has 1 heterocycles. The molecular weight excluding hydrogens is 307 g/mol. The predicted octanol–water partition coefficient (Wildman–Crippen LogP) is 5.79. The summed E-state index contributed by atoms with van der Waals surface area (Å²) in [5.74, 6) is 0.640. The Morgan fingerprint density at radius 1 is 1.00 bits per heavy atom. The van der Waals surface area contributed by atoms with Crippen molar-refractivity contribution in [2.75, 3.05) is 0 Å². The molecule has 0 aliphatic carbocycles. The van der Waals surface area contributed by atoms with E-state index in [0.29, 0.717) is 5.75 Å². The van der Waals surface area contributed by atoms with Crippen LogP contribution in [0.1, 0.15) is 16.8 Å². The Morgan fingerprint density at radius 3 is 2.36 bits per heavy atom. The zero-order valence-corrected chi connectivity index (χ0v) is 12.7. The lowest BCUT2D eigenvalue weighted by atomic mass is 10.1. The Bertz CT molecular complexity index is 788. The van der Waals surface area contributed by atoms with Crippen molar-refractivity contribution >= 4 is 22.7 Å². The van der Waals surface area contributed by atoms with Crippen molar-refractivity contribution in [1.29, 1.82) is 0 Å². The molecule has 1 aromatic heterocycles. The third kappa shape index (κ3) is 2.99. The van der Waals surface area contributed by atoms with E-state index in [-0.39, 0.29) is 0 Å². The molecule has 0 radical (unpaired) electrons. The summed E-state index contributed by atoms with van der Waals surface area (Å²) < 4.78 is 37.6. The lowest BCUT2D eigenvalue weighted by Crippen LogP contribution is -2.04. The van der Waals surface area contributed by atoms with Crippen LogP contribution in [0.2, 0.25) is 0 Å². The van der Waals surface area contributed by atoms with Crippen molar-refractivity contribution in [3.05, 3.63) is 65.4 Å². The first-order chi connectivity index (χ1) is 10.4. The van der Waals surface area contributed by atoms with Gasteiger partial charge in [-0.1, -0.05) is 30.3 Å². The number of thioether (sulfide) groups is 1. The van der Waals surface area contributed by atoms with Gasteiger partial charge in [-0.3, -0.25) is 0 Å². The smallest absolute Gasteiger partial charge is 0.358 e. The second kappa shape index (κ2) is 5.72. The molecule has 0 aliphatic heterocycles. The molecule has 5 heteroatoms. The summed E-state index contributed by atoms with van der Waals surface area (Å²) >= 11 is 1.64. The van der Waals surface area contributed by atoms with Crippen LogP contribution >= 0.6 is 11.8 Å². The van der Waals surface area contributed by atoms with Gasteiger partial charge >= 0.3 is 6.18 Å². The van der Waals surface area contributed by atoms with E-state index >= 15 is 0 Å². The quantitative estimate of drug-likeness (QED) is 0.604. The number of alkyl halides is 3. The van der Waals surface area contributed by atoms with Gasteiger partial charge in [-0.15, -0.1) is 11.8 Å². The van der Waals surface area contributed by atoms with Crippen LogP contribution in [0.25, 0.3) is 10.9 Å². The van der Waals surface area contributed by atoms with Crippen LogP contribution in [0.5, 0.6) is 0 Å². The monoisotopic (exact) mass is 321 g/mol. The lowest BCUT2D eigenvalue weighted by molar-refractivity contribution is -0.137. The Balaban J connectivity index is 1.78. The Kier molecular flexibility index (Phi) is 3.91. The number of fused-ring (bicyclic) bond motifs is 1. The number of para-hydroxylation sites is 1. The van der Waals surface area contributed by atoms with Crippen molar-refractivity contribution in [3.63, 3.8) is 0 Å². The van der Waals surface area contributed by atoms with Gasteiger partial charge in [0.2, 0.25) is 0 Å². The Hall–Kier alpha value is -1.88. The largest absolute Gasteiger partial charge is 0.416 e. The molecule has 114 valence electrons. The van der Waals surface area contributed by atoms with E-state index < -0.39 is 11.7 Å². The first-order valence-corrected chi connectivity index (χ1v) is 7.80. The van der Waals surface area contributed by atoms with Gasteiger partial charge in [0, 0.05) is 27.2 Å². The molecule has 1 N–H and O–H groups in total. The van der Waals surface area contributed by atoms with Crippen LogP contribution in [0.3, 0.4) is 0 Å². The number of hydrogen-bond acceptors (Lipinski definition) is 1. The number of aryl methyl sites for hydroxylation is 1. The summed E-state index contributed by atoms with van der Waals surface area (Å²) in [4.78, 5) is 4.47. The van der Waals surface area contributed by atoms with Crippen LogP contribution in [0.4, 0.5) is 13.2 Å². The molecule has 0 fully saturated rings. The highest BCUT2D eigenvalue weighted by atomic mass is 32.2. The molecule has 3 aromatic rings. The predicted molar refractivity (Wildman–Crippen MR) is 84.0 cm³/mol. The number of halogens is 3. The number of aromatic nitrogens is 1. The minimum absolute atomic E-state index is 0.607. The molecule has 0 atom stereocenters. The highest BCUT2D eigenvalue weighted by molar-refractivity contribution is 7.98. The Labute approximate surface area is 130 Å². The van der Waals surface area contributed by atoms with Crippen LogP contribution in [0, 0.1) is 6.92 Å². The lowest BCUT2D eigenvalue weighted by Gasteiger charge is -2.07. The van der Waals surface area contributed by atoms with Crippen LogP contribution in [-0.4, -0.2) is 4.98 Å². The molecule has 0 unspecified atom stereocenters. The van der Waals surface area contributed by atoms with Gasteiger partial charge in [0.25, 0.3) is 0 Å². The topological polar surface area (TPSA) is 15.8 Å². The van der Waals surface area contributed by atoms with Crippen molar-refractivity contribution in [2.45, 2.75) is 23.7 Å². The van der Waals surface area contributed by atoms with Gasteiger partial charge in [0.1, 0.15) is 0 Å². The molecule has 0 amide bonds. The minimum atomic E-state index is -4.28. The second-order valence-electron chi connectivity index (χ2n) is 5.11. The maximum absolute atomic E-state index is 12.5. The molecule has 22 heavy (non-hydrogen) atoms.